The van der Waals surface area contributed by atoms with Crippen LogP contribution in [0.1, 0.15) is 16.5 Å². The molecule has 0 bridgehead atoms. The molecule has 1 unspecified atom stereocenters. The molecule has 3 N–H and O–H groups in total. The molecule has 0 saturated heterocycles. The zero-order chi connectivity index (χ0) is 12.4. The van der Waals surface area contributed by atoms with Crippen molar-refractivity contribution in [3.63, 3.8) is 0 Å². The van der Waals surface area contributed by atoms with Gasteiger partial charge in [-0.3, -0.25) is 21.2 Å². The number of hydrazine groups is 1. The van der Waals surface area contributed by atoms with Crippen LogP contribution in [0.2, 0.25) is 0 Å². The molecule has 0 aromatic carbocycles. The molecule has 0 spiro atoms. The van der Waals surface area contributed by atoms with Crippen molar-refractivity contribution >= 4 is 32.9 Å². The number of hydrogen-bond acceptors (Lipinski definition) is 6. The molecule has 0 saturated carbocycles. The summed E-state index contributed by atoms with van der Waals surface area (Å²) in [6.45, 7) is 0. The van der Waals surface area contributed by atoms with Crippen LogP contribution in [0.5, 0.6) is 0 Å². The predicted octanol–water partition coefficient (Wildman–Crippen LogP) is 2.50. The normalized spacial score (nSPS) is 12.9. The Hall–Kier alpha value is -1.34. The van der Waals surface area contributed by atoms with Crippen molar-refractivity contribution in [3.05, 3.63) is 45.9 Å². The molecule has 4 nitrogen and oxygen atoms in total. The zero-order valence-electron chi connectivity index (χ0n) is 9.54. The Balaban J connectivity index is 1.90. The fourth-order valence-electron chi connectivity index (χ4n) is 1.87. The van der Waals surface area contributed by atoms with Gasteiger partial charge in [-0.2, -0.15) is 0 Å². The van der Waals surface area contributed by atoms with E-state index in [1.807, 2.05) is 24.0 Å². The van der Waals surface area contributed by atoms with Crippen LogP contribution in [0.4, 0.5) is 0 Å². The van der Waals surface area contributed by atoms with E-state index in [1.54, 1.807) is 22.7 Å². The summed E-state index contributed by atoms with van der Waals surface area (Å²) in [7, 11) is 0. The van der Waals surface area contributed by atoms with Crippen molar-refractivity contribution in [2.75, 3.05) is 0 Å². The SMILES string of the molecule is NNC(Cc1cncs1)c1cnc2ccsc2c1. The third kappa shape index (κ3) is 2.28. The van der Waals surface area contributed by atoms with Gasteiger partial charge in [0.1, 0.15) is 0 Å². The second-order valence-corrected chi connectivity index (χ2v) is 5.88. The van der Waals surface area contributed by atoms with Gasteiger partial charge >= 0.3 is 0 Å². The maximum absolute atomic E-state index is 5.65. The van der Waals surface area contributed by atoms with E-state index in [1.165, 1.54) is 9.58 Å². The summed E-state index contributed by atoms with van der Waals surface area (Å²) >= 11 is 3.34. The van der Waals surface area contributed by atoms with Crippen LogP contribution in [-0.2, 0) is 6.42 Å². The van der Waals surface area contributed by atoms with Crippen LogP contribution in [-0.4, -0.2) is 9.97 Å². The molecule has 0 aliphatic heterocycles. The van der Waals surface area contributed by atoms with E-state index >= 15 is 0 Å². The van der Waals surface area contributed by atoms with Gasteiger partial charge < -0.3 is 0 Å². The van der Waals surface area contributed by atoms with Crippen molar-refractivity contribution in [1.29, 1.82) is 0 Å². The lowest BCUT2D eigenvalue weighted by molar-refractivity contribution is 0.554. The van der Waals surface area contributed by atoms with Crippen LogP contribution in [0.3, 0.4) is 0 Å². The molecule has 0 aliphatic rings. The van der Waals surface area contributed by atoms with E-state index in [-0.39, 0.29) is 6.04 Å². The number of nitrogens with zero attached hydrogens (tertiary/aromatic N) is 2. The molecule has 92 valence electrons. The third-order valence-corrected chi connectivity index (χ3v) is 4.47. The second kappa shape index (κ2) is 5.11. The highest BCUT2D eigenvalue weighted by atomic mass is 32.1. The first-order valence-electron chi connectivity index (χ1n) is 5.53. The molecule has 0 aliphatic carbocycles. The summed E-state index contributed by atoms with van der Waals surface area (Å²) < 4.78 is 1.19. The number of aromatic nitrogens is 2. The first-order valence-corrected chi connectivity index (χ1v) is 7.29. The topological polar surface area (TPSA) is 63.8 Å². The Bertz CT molecular complexity index is 632. The van der Waals surface area contributed by atoms with E-state index in [9.17, 15) is 0 Å². The van der Waals surface area contributed by atoms with Crippen molar-refractivity contribution in [1.82, 2.24) is 15.4 Å². The van der Waals surface area contributed by atoms with Crippen LogP contribution in [0.25, 0.3) is 10.2 Å². The minimum Gasteiger partial charge on any atom is -0.271 e. The van der Waals surface area contributed by atoms with E-state index in [0.717, 1.165) is 17.5 Å². The molecule has 3 rings (SSSR count). The van der Waals surface area contributed by atoms with Gasteiger partial charge in [-0.15, -0.1) is 22.7 Å². The lowest BCUT2D eigenvalue weighted by Crippen LogP contribution is -2.29. The lowest BCUT2D eigenvalue weighted by atomic mass is 10.1. The average molecular weight is 276 g/mol. The number of rotatable bonds is 4. The van der Waals surface area contributed by atoms with Crippen molar-refractivity contribution < 1.29 is 0 Å². The monoisotopic (exact) mass is 276 g/mol. The Kier molecular flexibility index (Phi) is 3.33. The highest BCUT2D eigenvalue weighted by Crippen LogP contribution is 2.25. The number of thiophene rings is 1. The number of fused-ring (bicyclic) bond motifs is 1. The maximum Gasteiger partial charge on any atom is 0.0809 e. The maximum atomic E-state index is 5.65. The molecular weight excluding hydrogens is 264 g/mol. The Morgan fingerprint density at radius 1 is 1.33 bits per heavy atom. The predicted molar refractivity (Wildman–Crippen MR) is 75.5 cm³/mol. The minimum atomic E-state index is 0.0736. The minimum absolute atomic E-state index is 0.0736. The number of hydrogen-bond donors (Lipinski definition) is 2. The van der Waals surface area contributed by atoms with Gasteiger partial charge in [-0.25, -0.2) is 0 Å². The largest absolute Gasteiger partial charge is 0.271 e. The fourth-order valence-corrected chi connectivity index (χ4v) is 3.30. The first-order chi connectivity index (χ1) is 8.86. The summed E-state index contributed by atoms with van der Waals surface area (Å²) in [5.74, 6) is 5.65. The highest BCUT2D eigenvalue weighted by molar-refractivity contribution is 7.17. The number of thiazole rings is 1. The standard InChI is InChI=1S/C12H12N4S2/c13-16-11(4-9-6-14-7-18-9)8-3-12-10(15-5-8)1-2-17-12/h1-3,5-7,11,16H,4,13H2. The van der Waals surface area contributed by atoms with Crippen LogP contribution in [0.15, 0.2) is 35.4 Å². The highest BCUT2D eigenvalue weighted by Gasteiger charge is 2.13. The van der Waals surface area contributed by atoms with Crippen LogP contribution < -0.4 is 11.3 Å². The summed E-state index contributed by atoms with van der Waals surface area (Å²) in [5.41, 5.74) is 6.85. The Morgan fingerprint density at radius 2 is 2.28 bits per heavy atom. The fraction of sp³-hybridized carbons (Fsp3) is 0.167. The van der Waals surface area contributed by atoms with Crippen LogP contribution in [0, 0.1) is 0 Å². The summed E-state index contributed by atoms with van der Waals surface area (Å²) in [5, 5.41) is 2.05. The summed E-state index contributed by atoms with van der Waals surface area (Å²) in [6, 6.07) is 4.25. The molecule has 6 heteroatoms. The van der Waals surface area contributed by atoms with Crippen molar-refractivity contribution in [3.8, 4) is 0 Å². The molecular formula is C12H12N4S2. The van der Waals surface area contributed by atoms with E-state index < -0.39 is 0 Å². The Labute approximate surface area is 112 Å². The average Bonchev–Trinajstić information content (AvgIpc) is 3.06. The third-order valence-electron chi connectivity index (χ3n) is 2.82. The number of pyridine rings is 1. The van der Waals surface area contributed by atoms with Crippen LogP contribution >= 0.6 is 22.7 Å². The van der Waals surface area contributed by atoms with Crippen molar-refractivity contribution in [2.45, 2.75) is 12.5 Å². The van der Waals surface area contributed by atoms with Gasteiger partial charge in [0.05, 0.1) is 21.8 Å². The molecule has 3 heterocycles. The van der Waals surface area contributed by atoms with E-state index in [2.05, 4.69) is 26.8 Å². The van der Waals surface area contributed by atoms with Gasteiger partial charge in [-0.05, 0) is 23.1 Å². The summed E-state index contributed by atoms with van der Waals surface area (Å²) in [4.78, 5) is 9.74. The van der Waals surface area contributed by atoms with Gasteiger partial charge in [0.15, 0.2) is 0 Å². The molecule has 3 aromatic rings. The molecule has 0 radical (unpaired) electrons. The van der Waals surface area contributed by atoms with Crippen molar-refractivity contribution in [2.24, 2.45) is 5.84 Å². The second-order valence-electron chi connectivity index (χ2n) is 3.96. The van der Waals surface area contributed by atoms with E-state index in [0.29, 0.717) is 0 Å². The quantitative estimate of drug-likeness (QED) is 0.567. The molecule has 18 heavy (non-hydrogen) atoms. The van der Waals surface area contributed by atoms with E-state index in [4.69, 9.17) is 5.84 Å². The molecule has 3 aromatic heterocycles. The van der Waals surface area contributed by atoms with Gasteiger partial charge in [-0.1, -0.05) is 0 Å². The van der Waals surface area contributed by atoms with Gasteiger partial charge in [0.2, 0.25) is 0 Å². The smallest absolute Gasteiger partial charge is 0.0809 e. The lowest BCUT2D eigenvalue weighted by Gasteiger charge is -2.14. The number of nitrogens with one attached hydrogen (secondary N) is 1. The van der Waals surface area contributed by atoms with Gasteiger partial charge in [0.25, 0.3) is 0 Å². The molecule has 0 fully saturated rings. The molecule has 0 amide bonds. The van der Waals surface area contributed by atoms with Gasteiger partial charge in [0, 0.05) is 23.7 Å². The summed E-state index contributed by atoms with van der Waals surface area (Å²) in [6.07, 6.45) is 4.60. The molecule has 1 atom stereocenters. The first kappa shape index (κ1) is 11.7. The zero-order valence-corrected chi connectivity index (χ0v) is 11.2. The Morgan fingerprint density at radius 3 is 3.06 bits per heavy atom. The number of nitrogens with two attached hydrogens (primary N) is 1.